The molecule has 2 nitrogen and oxygen atoms in total. The second kappa shape index (κ2) is 5.69. The first kappa shape index (κ1) is 14.3. The second-order valence-electron chi connectivity index (χ2n) is 4.70. The van der Waals surface area contributed by atoms with Crippen molar-refractivity contribution in [2.45, 2.75) is 38.6 Å². The van der Waals surface area contributed by atoms with E-state index in [-0.39, 0.29) is 24.2 Å². The van der Waals surface area contributed by atoms with Gasteiger partial charge in [-0.1, -0.05) is 25.0 Å². The lowest BCUT2D eigenvalue weighted by atomic mass is 9.91. The minimum atomic E-state index is -0.536. The van der Waals surface area contributed by atoms with Crippen LogP contribution in [0.15, 0.2) is 12.1 Å². The Hall–Kier alpha value is -0.800. The van der Waals surface area contributed by atoms with Crippen molar-refractivity contribution in [2.75, 3.05) is 0 Å². The normalized spacial score (nSPS) is 17.8. The molecule has 0 aromatic heterocycles. The molecule has 0 unspecified atom stereocenters. The van der Waals surface area contributed by atoms with Crippen LogP contribution in [0.4, 0.5) is 4.39 Å². The minimum Gasteiger partial charge on any atom is -0.505 e. The SMILES string of the molecule is Cc1ccc([C@@H](N)C2CCCC2)c(O)c1F.Cl. The van der Waals surface area contributed by atoms with E-state index in [2.05, 4.69) is 0 Å². The molecule has 1 atom stereocenters. The molecule has 0 heterocycles. The molecule has 0 radical (unpaired) electrons. The Labute approximate surface area is 107 Å². The van der Waals surface area contributed by atoms with Gasteiger partial charge in [0.2, 0.25) is 0 Å². The molecular formula is C13H19ClFNO. The number of aromatic hydroxyl groups is 1. The highest BCUT2D eigenvalue weighted by atomic mass is 35.5. The molecule has 17 heavy (non-hydrogen) atoms. The van der Waals surface area contributed by atoms with Crippen LogP contribution in [0, 0.1) is 18.7 Å². The van der Waals surface area contributed by atoms with Crippen molar-refractivity contribution < 1.29 is 9.50 Å². The Kier molecular flexibility index (Phi) is 4.78. The molecule has 0 bridgehead atoms. The number of aryl methyl sites for hydroxylation is 1. The van der Waals surface area contributed by atoms with Gasteiger partial charge in [0.05, 0.1) is 0 Å². The molecule has 3 N–H and O–H groups in total. The van der Waals surface area contributed by atoms with E-state index in [1.807, 2.05) is 0 Å². The van der Waals surface area contributed by atoms with Crippen molar-refractivity contribution in [3.05, 3.63) is 29.1 Å². The predicted molar refractivity (Wildman–Crippen MR) is 68.9 cm³/mol. The third kappa shape index (κ3) is 2.72. The highest BCUT2D eigenvalue weighted by molar-refractivity contribution is 5.85. The average molecular weight is 260 g/mol. The summed E-state index contributed by atoms with van der Waals surface area (Å²) in [4.78, 5) is 0. The summed E-state index contributed by atoms with van der Waals surface area (Å²) in [6.07, 6.45) is 4.53. The Balaban J connectivity index is 0.00000144. The van der Waals surface area contributed by atoms with Crippen LogP contribution < -0.4 is 5.73 Å². The molecule has 96 valence electrons. The van der Waals surface area contributed by atoms with Crippen molar-refractivity contribution in [1.82, 2.24) is 0 Å². The number of hydrogen-bond donors (Lipinski definition) is 2. The lowest BCUT2D eigenvalue weighted by molar-refractivity contribution is 0.390. The number of nitrogens with two attached hydrogens (primary N) is 1. The van der Waals surface area contributed by atoms with Crippen molar-refractivity contribution in [1.29, 1.82) is 0 Å². The van der Waals surface area contributed by atoms with E-state index in [0.29, 0.717) is 17.0 Å². The molecule has 0 aliphatic heterocycles. The van der Waals surface area contributed by atoms with Gasteiger partial charge in [-0.2, -0.15) is 0 Å². The summed E-state index contributed by atoms with van der Waals surface area (Å²) < 4.78 is 13.5. The molecule has 1 aromatic carbocycles. The summed E-state index contributed by atoms with van der Waals surface area (Å²) in [6.45, 7) is 1.64. The van der Waals surface area contributed by atoms with Gasteiger partial charge < -0.3 is 10.8 Å². The molecule has 1 aromatic rings. The van der Waals surface area contributed by atoms with Crippen molar-refractivity contribution >= 4 is 12.4 Å². The molecule has 4 heteroatoms. The average Bonchev–Trinajstić information content (AvgIpc) is 2.79. The van der Waals surface area contributed by atoms with Gasteiger partial charge in [-0.15, -0.1) is 12.4 Å². The number of hydrogen-bond acceptors (Lipinski definition) is 2. The Bertz CT molecular complexity index is 391. The van der Waals surface area contributed by atoms with E-state index in [9.17, 15) is 9.50 Å². The number of benzene rings is 1. The molecule has 1 saturated carbocycles. The topological polar surface area (TPSA) is 46.2 Å². The van der Waals surface area contributed by atoms with Crippen LogP contribution in [-0.4, -0.2) is 5.11 Å². The van der Waals surface area contributed by atoms with Gasteiger partial charge in [0.25, 0.3) is 0 Å². The maximum Gasteiger partial charge on any atom is 0.168 e. The number of phenols is 1. The zero-order valence-corrected chi connectivity index (χ0v) is 10.8. The maximum absolute atomic E-state index is 13.5. The highest BCUT2D eigenvalue weighted by Crippen LogP contribution is 2.38. The monoisotopic (exact) mass is 259 g/mol. The highest BCUT2D eigenvalue weighted by Gasteiger charge is 2.26. The molecular weight excluding hydrogens is 241 g/mol. The zero-order valence-electron chi connectivity index (χ0n) is 9.95. The maximum atomic E-state index is 13.5. The number of halogens is 2. The number of rotatable bonds is 2. The smallest absolute Gasteiger partial charge is 0.168 e. The van der Waals surface area contributed by atoms with Gasteiger partial charge >= 0.3 is 0 Å². The van der Waals surface area contributed by atoms with E-state index >= 15 is 0 Å². The van der Waals surface area contributed by atoms with Gasteiger partial charge in [0.1, 0.15) is 0 Å². The fourth-order valence-corrected chi connectivity index (χ4v) is 2.52. The van der Waals surface area contributed by atoms with Crippen LogP contribution in [0.1, 0.15) is 42.9 Å². The molecule has 1 aliphatic rings. The van der Waals surface area contributed by atoms with Gasteiger partial charge in [-0.05, 0) is 31.2 Å². The fourth-order valence-electron chi connectivity index (χ4n) is 2.52. The largest absolute Gasteiger partial charge is 0.505 e. The lowest BCUT2D eigenvalue weighted by Gasteiger charge is -2.20. The molecule has 0 spiro atoms. The molecule has 0 saturated heterocycles. The van der Waals surface area contributed by atoms with Crippen LogP contribution in [0.5, 0.6) is 5.75 Å². The summed E-state index contributed by atoms with van der Waals surface area (Å²) in [6, 6.07) is 3.19. The van der Waals surface area contributed by atoms with E-state index in [0.717, 1.165) is 12.8 Å². The Morgan fingerprint density at radius 2 is 1.94 bits per heavy atom. The van der Waals surface area contributed by atoms with Crippen LogP contribution >= 0.6 is 12.4 Å². The summed E-state index contributed by atoms with van der Waals surface area (Å²) in [5.41, 5.74) is 7.10. The first-order valence-electron chi connectivity index (χ1n) is 5.85. The van der Waals surface area contributed by atoms with Crippen LogP contribution in [0.25, 0.3) is 0 Å². The Morgan fingerprint density at radius 3 is 2.53 bits per heavy atom. The van der Waals surface area contributed by atoms with Crippen molar-refractivity contribution in [3.8, 4) is 5.75 Å². The molecule has 1 aliphatic carbocycles. The third-order valence-corrected chi connectivity index (χ3v) is 3.61. The molecule has 0 amide bonds. The van der Waals surface area contributed by atoms with Gasteiger partial charge in [0.15, 0.2) is 11.6 Å². The van der Waals surface area contributed by atoms with Gasteiger partial charge in [-0.25, -0.2) is 4.39 Å². The van der Waals surface area contributed by atoms with Crippen LogP contribution in [0.3, 0.4) is 0 Å². The minimum absolute atomic E-state index is 0. The third-order valence-electron chi connectivity index (χ3n) is 3.61. The standard InChI is InChI=1S/C13H18FNO.ClH/c1-8-6-7-10(13(16)11(8)14)12(15)9-4-2-3-5-9;/h6-7,9,12,16H,2-5,15H2,1H3;1H/t12-;/m0./s1. The lowest BCUT2D eigenvalue weighted by Crippen LogP contribution is -2.19. The van der Waals surface area contributed by atoms with Crippen molar-refractivity contribution in [3.63, 3.8) is 0 Å². The van der Waals surface area contributed by atoms with E-state index in [1.54, 1.807) is 19.1 Å². The van der Waals surface area contributed by atoms with Crippen molar-refractivity contribution in [2.24, 2.45) is 11.7 Å². The molecule has 1 fully saturated rings. The summed E-state index contributed by atoms with van der Waals surface area (Å²) >= 11 is 0. The fraction of sp³-hybridized carbons (Fsp3) is 0.538. The molecule has 2 rings (SSSR count). The number of phenolic OH excluding ortho intramolecular Hbond substituents is 1. The Morgan fingerprint density at radius 1 is 1.35 bits per heavy atom. The second-order valence-corrected chi connectivity index (χ2v) is 4.70. The summed E-state index contributed by atoms with van der Waals surface area (Å²) in [5.74, 6) is -0.418. The van der Waals surface area contributed by atoms with E-state index in [1.165, 1.54) is 12.8 Å². The van der Waals surface area contributed by atoms with Crippen LogP contribution in [-0.2, 0) is 0 Å². The quantitative estimate of drug-likeness (QED) is 0.855. The van der Waals surface area contributed by atoms with E-state index in [4.69, 9.17) is 5.73 Å². The summed E-state index contributed by atoms with van der Waals surface area (Å²) in [5, 5.41) is 9.75. The summed E-state index contributed by atoms with van der Waals surface area (Å²) in [7, 11) is 0. The van der Waals surface area contributed by atoms with E-state index < -0.39 is 5.82 Å². The zero-order chi connectivity index (χ0) is 11.7. The first-order chi connectivity index (χ1) is 7.61. The predicted octanol–water partition coefficient (Wildman–Crippen LogP) is 3.45. The van der Waals surface area contributed by atoms with Gasteiger partial charge in [0, 0.05) is 11.6 Å². The van der Waals surface area contributed by atoms with Gasteiger partial charge in [-0.3, -0.25) is 0 Å². The van der Waals surface area contributed by atoms with Crippen LogP contribution in [0.2, 0.25) is 0 Å². The first-order valence-corrected chi connectivity index (χ1v) is 5.85.